The van der Waals surface area contributed by atoms with Crippen LogP contribution in [0.3, 0.4) is 0 Å². The lowest BCUT2D eigenvalue weighted by molar-refractivity contribution is 0.280. The Hall–Kier alpha value is -1.40. The van der Waals surface area contributed by atoms with Crippen molar-refractivity contribution in [1.82, 2.24) is 20.1 Å². The van der Waals surface area contributed by atoms with Crippen molar-refractivity contribution in [2.45, 2.75) is 46.4 Å². The van der Waals surface area contributed by atoms with Crippen LogP contribution >= 0.6 is 11.3 Å². The van der Waals surface area contributed by atoms with Crippen molar-refractivity contribution in [3.63, 3.8) is 0 Å². The molecule has 0 aliphatic heterocycles. The minimum atomic E-state index is 0.131. The van der Waals surface area contributed by atoms with Crippen LogP contribution in [0.4, 0.5) is 0 Å². The molecule has 0 saturated heterocycles. The lowest BCUT2D eigenvalue weighted by Crippen LogP contribution is -2.34. The molecule has 0 fully saturated rings. The minimum Gasteiger partial charge on any atom is -0.457 e. The molecule has 0 unspecified atom stereocenters. The van der Waals surface area contributed by atoms with E-state index in [1.807, 2.05) is 7.05 Å². The molecule has 20 heavy (non-hydrogen) atoms. The maximum absolute atomic E-state index is 5.60. The molecule has 2 aromatic heterocycles. The van der Waals surface area contributed by atoms with Crippen LogP contribution in [-0.4, -0.2) is 20.3 Å². The van der Waals surface area contributed by atoms with Gasteiger partial charge in [0.2, 0.25) is 0 Å². The van der Waals surface area contributed by atoms with Gasteiger partial charge in [-0.05, 0) is 33.8 Å². The van der Waals surface area contributed by atoms with Crippen LogP contribution in [0.5, 0.6) is 6.01 Å². The lowest BCUT2D eigenvalue weighted by Gasteiger charge is -2.19. The molecule has 5 nitrogen and oxygen atoms in total. The van der Waals surface area contributed by atoms with Crippen LogP contribution in [0.1, 0.15) is 36.1 Å². The molecule has 0 saturated carbocycles. The summed E-state index contributed by atoms with van der Waals surface area (Å²) in [5, 5.41) is 7.60. The average Bonchev–Trinajstić information content (AvgIpc) is 2.90. The summed E-state index contributed by atoms with van der Waals surface area (Å²) in [6, 6.07) is 2.62. The number of aromatic nitrogens is 3. The number of aryl methyl sites for hydroxylation is 2. The van der Waals surface area contributed by atoms with Gasteiger partial charge >= 0.3 is 6.01 Å². The Morgan fingerprint density at radius 3 is 2.75 bits per heavy atom. The van der Waals surface area contributed by atoms with Crippen molar-refractivity contribution in [2.75, 3.05) is 0 Å². The molecule has 0 spiro atoms. The van der Waals surface area contributed by atoms with Gasteiger partial charge in [-0.2, -0.15) is 4.98 Å². The van der Waals surface area contributed by atoms with Crippen LogP contribution in [0.25, 0.3) is 0 Å². The third-order valence-corrected chi connectivity index (χ3v) is 3.89. The van der Waals surface area contributed by atoms with Crippen molar-refractivity contribution < 1.29 is 4.74 Å². The first-order chi connectivity index (χ1) is 9.33. The second-order valence-electron chi connectivity index (χ2n) is 5.89. The van der Waals surface area contributed by atoms with Gasteiger partial charge in [-0.15, -0.1) is 16.4 Å². The quantitative estimate of drug-likeness (QED) is 0.921. The third-order valence-electron chi connectivity index (χ3n) is 2.80. The maximum Gasteiger partial charge on any atom is 0.335 e. The lowest BCUT2D eigenvalue weighted by atomic mass is 10.1. The van der Waals surface area contributed by atoms with E-state index < -0.39 is 0 Å². The summed E-state index contributed by atoms with van der Waals surface area (Å²) in [6.45, 7) is 10.0. The Morgan fingerprint density at radius 2 is 2.15 bits per heavy atom. The normalized spacial score (nSPS) is 11.8. The minimum absolute atomic E-state index is 0.131. The first kappa shape index (κ1) is 15.0. The fourth-order valence-corrected chi connectivity index (χ4v) is 2.69. The average molecular weight is 294 g/mol. The van der Waals surface area contributed by atoms with Crippen molar-refractivity contribution >= 4 is 11.3 Å². The molecule has 110 valence electrons. The van der Waals surface area contributed by atoms with Crippen LogP contribution in [0.15, 0.2) is 12.4 Å². The van der Waals surface area contributed by atoms with Gasteiger partial charge in [-0.3, -0.25) is 4.68 Å². The van der Waals surface area contributed by atoms with Gasteiger partial charge in [0.1, 0.15) is 12.9 Å². The van der Waals surface area contributed by atoms with E-state index in [1.165, 1.54) is 15.3 Å². The van der Waals surface area contributed by atoms with Gasteiger partial charge in [0, 0.05) is 34.4 Å². The molecule has 0 bridgehead atoms. The molecule has 2 aromatic rings. The van der Waals surface area contributed by atoms with Crippen LogP contribution in [-0.2, 0) is 20.2 Å². The highest BCUT2D eigenvalue weighted by atomic mass is 32.1. The zero-order valence-corrected chi connectivity index (χ0v) is 13.5. The Balaban J connectivity index is 1.93. The Bertz CT molecular complexity index is 568. The smallest absolute Gasteiger partial charge is 0.335 e. The second-order valence-corrected chi connectivity index (χ2v) is 7.23. The standard InChI is InChI=1S/C14H22N4OS/c1-10-11(8-19-13-15-9-18(5)17-13)6-12(20-10)7-16-14(2,3)4/h6,9,16H,7-8H2,1-5H3. The number of ether oxygens (including phenoxy) is 1. The zero-order valence-electron chi connectivity index (χ0n) is 12.7. The first-order valence-corrected chi connectivity index (χ1v) is 7.47. The van der Waals surface area contributed by atoms with Gasteiger partial charge in [-0.25, -0.2) is 0 Å². The molecule has 0 amide bonds. The largest absolute Gasteiger partial charge is 0.457 e. The first-order valence-electron chi connectivity index (χ1n) is 6.65. The van der Waals surface area contributed by atoms with Crippen LogP contribution in [0.2, 0.25) is 0 Å². The van der Waals surface area contributed by atoms with Crippen molar-refractivity contribution in [3.05, 3.63) is 27.7 Å². The Kier molecular flexibility index (Phi) is 4.45. The number of nitrogens with zero attached hydrogens (tertiary/aromatic N) is 3. The summed E-state index contributed by atoms with van der Waals surface area (Å²) < 4.78 is 7.23. The summed E-state index contributed by atoms with van der Waals surface area (Å²) in [4.78, 5) is 6.66. The van der Waals surface area contributed by atoms with Crippen molar-refractivity contribution in [2.24, 2.45) is 7.05 Å². The molecule has 0 radical (unpaired) electrons. The fourth-order valence-electron chi connectivity index (χ4n) is 1.70. The summed E-state index contributed by atoms with van der Waals surface area (Å²) in [7, 11) is 1.83. The summed E-state index contributed by atoms with van der Waals surface area (Å²) in [5.41, 5.74) is 1.33. The van der Waals surface area contributed by atoms with Gasteiger partial charge in [0.25, 0.3) is 0 Å². The molecule has 0 aliphatic rings. The molecule has 2 rings (SSSR count). The highest BCUT2D eigenvalue weighted by Crippen LogP contribution is 2.23. The number of nitrogens with one attached hydrogen (secondary N) is 1. The van der Waals surface area contributed by atoms with E-state index in [4.69, 9.17) is 4.74 Å². The van der Waals surface area contributed by atoms with Gasteiger partial charge < -0.3 is 10.1 Å². The summed E-state index contributed by atoms with van der Waals surface area (Å²) in [6.07, 6.45) is 1.63. The van der Waals surface area contributed by atoms with Crippen LogP contribution < -0.4 is 10.1 Å². The molecule has 1 N–H and O–H groups in total. The van der Waals surface area contributed by atoms with E-state index in [0.717, 1.165) is 6.54 Å². The Labute approximate surface area is 124 Å². The molecular formula is C14H22N4OS. The highest BCUT2D eigenvalue weighted by molar-refractivity contribution is 7.12. The summed E-state index contributed by atoms with van der Waals surface area (Å²) >= 11 is 1.81. The number of rotatable bonds is 5. The predicted octanol–water partition coefficient (Wildman–Crippen LogP) is 2.65. The predicted molar refractivity (Wildman–Crippen MR) is 81.0 cm³/mol. The second kappa shape index (κ2) is 5.93. The summed E-state index contributed by atoms with van der Waals surface area (Å²) in [5.74, 6) is 0. The van der Waals surface area contributed by atoms with E-state index in [1.54, 1.807) is 22.3 Å². The van der Waals surface area contributed by atoms with E-state index in [9.17, 15) is 0 Å². The van der Waals surface area contributed by atoms with Gasteiger partial charge in [0.05, 0.1) is 0 Å². The number of thiophene rings is 1. The third kappa shape index (κ3) is 4.31. The highest BCUT2D eigenvalue weighted by Gasteiger charge is 2.12. The molecule has 2 heterocycles. The topological polar surface area (TPSA) is 52.0 Å². The van der Waals surface area contributed by atoms with Crippen molar-refractivity contribution in [1.29, 1.82) is 0 Å². The van der Waals surface area contributed by atoms with E-state index >= 15 is 0 Å². The van der Waals surface area contributed by atoms with E-state index in [0.29, 0.717) is 12.6 Å². The van der Waals surface area contributed by atoms with E-state index in [2.05, 4.69) is 49.2 Å². The molecule has 0 aliphatic carbocycles. The van der Waals surface area contributed by atoms with Crippen LogP contribution in [0, 0.1) is 6.92 Å². The fraction of sp³-hybridized carbons (Fsp3) is 0.571. The number of hydrogen-bond acceptors (Lipinski definition) is 5. The molecule has 0 aromatic carbocycles. The van der Waals surface area contributed by atoms with Gasteiger partial charge in [-0.1, -0.05) is 0 Å². The molecular weight excluding hydrogens is 272 g/mol. The van der Waals surface area contributed by atoms with Crippen molar-refractivity contribution in [3.8, 4) is 6.01 Å². The monoisotopic (exact) mass is 294 g/mol. The SMILES string of the molecule is Cc1sc(CNC(C)(C)C)cc1COc1ncn(C)n1. The zero-order chi connectivity index (χ0) is 14.8. The maximum atomic E-state index is 5.60. The van der Waals surface area contributed by atoms with E-state index in [-0.39, 0.29) is 5.54 Å². The molecule has 6 heteroatoms. The number of hydrogen-bond donors (Lipinski definition) is 1. The van der Waals surface area contributed by atoms with Gasteiger partial charge in [0.15, 0.2) is 0 Å². The Morgan fingerprint density at radius 1 is 1.40 bits per heavy atom. The molecule has 0 atom stereocenters.